The first kappa shape index (κ1) is 16.4. The maximum atomic E-state index is 12.3. The summed E-state index contributed by atoms with van der Waals surface area (Å²) in [5, 5.41) is 0.211. The van der Waals surface area contributed by atoms with Gasteiger partial charge >= 0.3 is 5.97 Å². The van der Waals surface area contributed by atoms with Gasteiger partial charge in [0.1, 0.15) is 17.4 Å². The largest absolute Gasteiger partial charge is 0.465 e. The molecule has 1 heterocycles. The fourth-order valence-corrected chi connectivity index (χ4v) is 1.70. The third kappa shape index (κ3) is 5.13. The molecule has 110 valence electrons. The molecule has 0 aliphatic rings. The van der Waals surface area contributed by atoms with Crippen molar-refractivity contribution in [3.63, 3.8) is 0 Å². The number of amides is 1. The van der Waals surface area contributed by atoms with Crippen LogP contribution in [0.15, 0.2) is 12.4 Å². The lowest BCUT2D eigenvalue weighted by atomic mass is 10.2. The molecular weight excluding hydrogens is 282 g/mol. The summed E-state index contributed by atoms with van der Waals surface area (Å²) in [6.45, 7) is 6.25. The van der Waals surface area contributed by atoms with Crippen LogP contribution >= 0.6 is 11.6 Å². The van der Waals surface area contributed by atoms with Crippen LogP contribution in [0.2, 0.25) is 5.15 Å². The molecule has 0 aliphatic heterocycles. The Bertz CT molecular complexity index is 462. The van der Waals surface area contributed by atoms with Crippen molar-refractivity contribution in [1.29, 1.82) is 0 Å². The van der Waals surface area contributed by atoms with Gasteiger partial charge < -0.3 is 9.64 Å². The van der Waals surface area contributed by atoms with Crippen molar-refractivity contribution in [2.75, 3.05) is 19.7 Å². The number of carbonyl (C=O) groups excluding carboxylic acids is 2. The Morgan fingerprint density at radius 3 is 2.55 bits per heavy atom. The summed E-state index contributed by atoms with van der Waals surface area (Å²) in [6, 6.07) is 0. The summed E-state index contributed by atoms with van der Waals surface area (Å²) in [5.74, 6) is -0.590. The number of rotatable bonds is 6. The van der Waals surface area contributed by atoms with Gasteiger partial charge in [0.05, 0.1) is 19.0 Å². The highest BCUT2D eigenvalue weighted by Gasteiger charge is 2.21. The second kappa shape index (κ2) is 7.79. The van der Waals surface area contributed by atoms with Gasteiger partial charge in [-0.15, -0.1) is 0 Å². The summed E-state index contributed by atoms with van der Waals surface area (Å²) in [5.41, 5.74) is 0.152. The fourth-order valence-electron chi connectivity index (χ4n) is 1.61. The SMILES string of the molecule is CCOC(=O)CN(CC(C)C)C(=O)c1cnc(Cl)cn1. The normalized spacial score (nSPS) is 10.4. The Morgan fingerprint density at radius 1 is 1.35 bits per heavy atom. The number of ether oxygens (including phenoxy) is 1. The van der Waals surface area contributed by atoms with Crippen molar-refractivity contribution in [1.82, 2.24) is 14.9 Å². The molecular formula is C13H18ClN3O3. The van der Waals surface area contributed by atoms with E-state index in [1.54, 1.807) is 6.92 Å². The summed E-state index contributed by atoms with van der Waals surface area (Å²) in [4.78, 5) is 33.0. The van der Waals surface area contributed by atoms with Crippen LogP contribution in [0, 0.1) is 5.92 Å². The molecule has 0 saturated carbocycles. The lowest BCUT2D eigenvalue weighted by Crippen LogP contribution is -2.39. The number of halogens is 1. The van der Waals surface area contributed by atoms with Gasteiger partial charge in [-0.25, -0.2) is 9.97 Å². The molecule has 7 heteroatoms. The standard InChI is InChI=1S/C13H18ClN3O3/c1-4-20-12(18)8-17(7-9(2)3)13(19)10-5-16-11(14)6-15-10/h5-6,9H,4,7-8H2,1-3H3. The zero-order valence-corrected chi connectivity index (χ0v) is 12.6. The van der Waals surface area contributed by atoms with Gasteiger partial charge in [-0.3, -0.25) is 9.59 Å². The van der Waals surface area contributed by atoms with E-state index in [1.807, 2.05) is 13.8 Å². The summed E-state index contributed by atoms with van der Waals surface area (Å²) < 4.78 is 4.87. The van der Waals surface area contributed by atoms with E-state index >= 15 is 0 Å². The van der Waals surface area contributed by atoms with Gasteiger partial charge in [0.15, 0.2) is 0 Å². The van der Waals surface area contributed by atoms with Gasteiger partial charge in [-0.05, 0) is 12.8 Å². The van der Waals surface area contributed by atoms with Crippen molar-refractivity contribution in [3.8, 4) is 0 Å². The van der Waals surface area contributed by atoms with Crippen LogP contribution in [0.25, 0.3) is 0 Å². The topological polar surface area (TPSA) is 72.4 Å². The van der Waals surface area contributed by atoms with Gasteiger partial charge in [0.2, 0.25) is 0 Å². The molecule has 0 unspecified atom stereocenters. The first-order valence-corrected chi connectivity index (χ1v) is 6.74. The van der Waals surface area contributed by atoms with Crippen LogP contribution in [-0.2, 0) is 9.53 Å². The maximum Gasteiger partial charge on any atom is 0.325 e. The Hall–Kier alpha value is -1.69. The van der Waals surface area contributed by atoms with E-state index in [0.717, 1.165) is 0 Å². The number of nitrogens with zero attached hydrogens (tertiary/aromatic N) is 3. The van der Waals surface area contributed by atoms with Crippen molar-refractivity contribution < 1.29 is 14.3 Å². The predicted molar refractivity (Wildman–Crippen MR) is 74.4 cm³/mol. The number of carbonyl (C=O) groups is 2. The number of esters is 1. The van der Waals surface area contributed by atoms with E-state index in [-0.39, 0.29) is 35.8 Å². The number of aromatic nitrogens is 2. The summed E-state index contributed by atoms with van der Waals surface area (Å²) in [6.07, 6.45) is 2.59. The smallest absolute Gasteiger partial charge is 0.325 e. The fraction of sp³-hybridized carbons (Fsp3) is 0.538. The van der Waals surface area contributed by atoms with E-state index in [0.29, 0.717) is 6.54 Å². The van der Waals surface area contributed by atoms with E-state index in [1.165, 1.54) is 17.3 Å². The first-order valence-electron chi connectivity index (χ1n) is 6.36. The second-order valence-electron chi connectivity index (χ2n) is 4.61. The zero-order valence-electron chi connectivity index (χ0n) is 11.8. The van der Waals surface area contributed by atoms with Crippen molar-refractivity contribution in [2.24, 2.45) is 5.92 Å². The Kier molecular flexibility index (Phi) is 6.38. The van der Waals surface area contributed by atoms with Crippen LogP contribution in [0.1, 0.15) is 31.3 Å². The Morgan fingerprint density at radius 2 is 2.05 bits per heavy atom. The molecule has 1 amide bonds. The molecule has 1 aromatic rings. The zero-order chi connectivity index (χ0) is 15.1. The lowest BCUT2D eigenvalue weighted by Gasteiger charge is -2.23. The van der Waals surface area contributed by atoms with E-state index < -0.39 is 5.97 Å². The molecule has 0 N–H and O–H groups in total. The maximum absolute atomic E-state index is 12.3. The first-order chi connectivity index (χ1) is 9.43. The molecule has 0 fully saturated rings. The van der Waals surface area contributed by atoms with Gasteiger partial charge in [0, 0.05) is 6.54 Å². The van der Waals surface area contributed by atoms with Crippen molar-refractivity contribution in [3.05, 3.63) is 23.2 Å². The Balaban J connectivity index is 2.83. The van der Waals surface area contributed by atoms with Crippen LogP contribution in [0.3, 0.4) is 0 Å². The van der Waals surface area contributed by atoms with Crippen molar-refractivity contribution >= 4 is 23.5 Å². The van der Waals surface area contributed by atoms with Crippen molar-refractivity contribution in [2.45, 2.75) is 20.8 Å². The summed E-state index contributed by atoms with van der Waals surface area (Å²) in [7, 11) is 0. The second-order valence-corrected chi connectivity index (χ2v) is 5.00. The highest BCUT2D eigenvalue weighted by atomic mass is 35.5. The third-order valence-electron chi connectivity index (χ3n) is 2.34. The van der Waals surface area contributed by atoms with Crippen LogP contribution in [0.4, 0.5) is 0 Å². The molecule has 0 atom stereocenters. The molecule has 20 heavy (non-hydrogen) atoms. The highest BCUT2D eigenvalue weighted by molar-refractivity contribution is 6.29. The van der Waals surface area contributed by atoms with Crippen LogP contribution < -0.4 is 0 Å². The van der Waals surface area contributed by atoms with Gasteiger partial charge in [-0.1, -0.05) is 25.4 Å². The third-order valence-corrected chi connectivity index (χ3v) is 2.53. The quantitative estimate of drug-likeness (QED) is 0.749. The average Bonchev–Trinajstić information content (AvgIpc) is 2.38. The van der Waals surface area contributed by atoms with E-state index in [4.69, 9.17) is 16.3 Å². The van der Waals surface area contributed by atoms with E-state index in [2.05, 4.69) is 9.97 Å². The summed E-state index contributed by atoms with van der Waals surface area (Å²) >= 11 is 5.63. The Labute approximate surface area is 123 Å². The van der Waals surface area contributed by atoms with Gasteiger partial charge in [0.25, 0.3) is 5.91 Å². The van der Waals surface area contributed by atoms with Gasteiger partial charge in [-0.2, -0.15) is 0 Å². The number of hydrogen-bond donors (Lipinski definition) is 0. The predicted octanol–water partition coefficient (Wildman–Crippen LogP) is 1.79. The molecule has 0 radical (unpaired) electrons. The molecule has 1 rings (SSSR count). The van der Waals surface area contributed by atoms with E-state index in [9.17, 15) is 9.59 Å². The highest BCUT2D eigenvalue weighted by Crippen LogP contribution is 2.07. The molecule has 0 bridgehead atoms. The van der Waals surface area contributed by atoms with Crippen LogP contribution in [-0.4, -0.2) is 46.4 Å². The van der Waals surface area contributed by atoms with Crippen LogP contribution in [0.5, 0.6) is 0 Å². The molecule has 0 aliphatic carbocycles. The molecule has 1 aromatic heterocycles. The average molecular weight is 300 g/mol. The minimum absolute atomic E-state index is 0.102. The monoisotopic (exact) mass is 299 g/mol. The lowest BCUT2D eigenvalue weighted by molar-refractivity contribution is -0.143. The minimum atomic E-state index is -0.441. The minimum Gasteiger partial charge on any atom is -0.465 e. The number of hydrogen-bond acceptors (Lipinski definition) is 5. The molecule has 0 saturated heterocycles. The molecule has 6 nitrogen and oxygen atoms in total. The molecule has 0 aromatic carbocycles. The molecule has 0 spiro atoms.